The van der Waals surface area contributed by atoms with Crippen molar-refractivity contribution in [2.24, 2.45) is 0 Å². The predicted octanol–water partition coefficient (Wildman–Crippen LogP) is 1.75. The van der Waals surface area contributed by atoms with Crippen molar-refractivity contribution in [3.8, 4) is 22.9 Å². The SMILES string of the molecule is CCOC(=O)CCc1nc(-c2cc(O)c(O)c([N+](=O)[O-])c2C(C)=O)no1. The largest absolute Gasteiger partial charge is 0.504 e. The summed E-state index contributed by atoms with van der Waals surface area (Å²) in [4.78, 5) is 37.4. The van der Waals surface area contributed by atoms with E-state index in [2.05, 4.69) is 10.1 Å². The number of hydrogen-bond acceptors (Lipinski definition) is 10. The van der Waals surface area contributed by atoms with Gasteiger partial charge < -0.3 is 19.5 Å². The van der Waals surface area contributed by atoms with Crippen LogP contribution in [0, 0.1) is 10.1 Å². The Morgan fingerprint density at radius 1 is 1.38 bits per heavy atom. The Kier molecular flexibility index (Phi) is 5.50. The van der Waals surface area contributed by atoms with Gasteiger partial charge in [-0.1, -0.05) is 5.16 Å². The number of nitrogens with zero attached hydrogens (tertiary/aromatic N) is 3. The molecule has 1 heterocycles. The molecule has 0 saturated heterocycles. The number of benzene rings is 1. The van der Waals surface area contributed by atoms with E-state index in [0.717, 1.165) is 13.0 Å². The van der Waals surface area contributed by atoms with Crippen molar-refractivity contribution in [1.82, 2.24) is 10.1 Å². The number of carbonyl (C=O) groups is 2. The number of aromatic hydroxyl groups is 2. The van der Waals surface area contributed by atoms with Crippen molar-refractivity contribution in [3.05, 3.63) is 27.6 Å². The van der Waals surface area contributed by atoms with Crippen LogP contribution in [-0.2, 0) is 16.0 Å². The van der Waals surface area contributed by atoms with Gasteiger partial charge in [-0.2, -0.15) is 4.98 Å². The van der Waals surface area contributed by atoms with Gasteiger partial charge in [0.05, 0.1) is 18.0 Å². The number of hydrogen-bond donors (Lipinski definition) is 2. The van der Waals surface area contributed by atoms with E-state index in [-0.39, 0.29) is 36.7 Å². The molecule has 0 atom stereocenters. The number of nitro groups is 1. The lowest BCUT2D eigenvalue weighted by Crippen LogP contribution is -2.05. The van der Waals surface area contributed by atoms with Crippen LogP contribution in [0.2, 0.25) is 0 Å². The highest BCUT2D eigenvalue weighted by atomic mass is 16.6. The first-order valence-electron chi connectivity index (χ1n) is 7.49. The van der Waals surface area contributed by atoms with Crippen LogP contribution in [0.1, 0.15) is 36.5 Å². The molecule has 138 valence electrons. The fourth-order valence-corrected chi connectivity index (χ4v) is 2.26. The summed E-state index contributed by atoms with van der Waals surface area (Å²) in [6, 6.07) is 0.930. The second-order valence-electron chi connectivity index (χ2n) is 5.15. The lowest BCUT2D eigenvalue weighted by molar-refractivity contribution is -0.386. The van der Waals surface area contributed by atoms with Gasteiger partial charge in [0.15, 0.2) is 11.5 Å². The second-order valence-corrected chi connectivity index (χ2v) is 5.15. The van der Waals surface area contributed by atoms with Gasteiger partial charge >= 0.3 is 11.7 Å². The van der Waals surface area contributed by atoms with Crippen LogP contribution < -0.4 is 0 Å². The number of nitro benzene ring substituents is 1. The second kappa shape index (κ2) is 7.59. The fraction of sp³-hybridized carbons (Fsp3) is 0.333. The molecule has 2 rings (SSSR count). The topological polar surface area (TPSA) is 166 Å². The summed E-state index contributed by atoms with van der Waals surface area (Å²) >= 11 is 0. The first-order chi connectivity index (χ1) is 12.3. The van der Waals surface area contributed by atoms with E-state index in [0.29, 0.717) is 0 Å². The molecule has 1 aromatic carbocycles. The van der Waals surface area contributed by atoms with Crippen LogP contribution in [0.15, 0.2) is 10.6 Å². The number of aromatic nitrogens is 2. The number of carbonyl (C=O) groups excluding carboxylic acids is 2. The smallest absolute Gasteiger partial charge is 0.326 e. The van der Waals surface area contributed by atoms with Gasteiger partial charge in [0, 0.05) is 12.0 Å². The zero-order chi connectivity index (χ0) is 19.4. The van der Waals surface area contributed by atoms with Crippen LogP contribution in [0.4, 0.5) is 5.69 Å². The molecule has 11 nitrogen and oxygen atoms in total. The first kappa shape index (κ1) is 18.8. The number of rotatable bonds is 7. The Bertz CT molecular complexity index is 874. The minimum Gasteiger partial charge on any atom is -0.504 e. The minimum absolute atomic E-state index is 0.0178. The van der Waals surface area contributed by atoms with Gasteiger partial charge in [0.25, 0.3) is 0 Å². The number of ketones is 1. The average molecular weight is 365 g/mol. The normalized spacial score (nSPS) is 10.5. The van der Waals surface area contributed by atoms with Crippen LogP contribution in [0.25, 0.3) is 11.4 Å². The fourth-order valence-electron chi connectivity index (χ4n) is 2.26. The maximum Gasteiger partial charge on any atom is 0.326 e. The van der Waals surface area contributed by atoms with E-state index in [1.807, 2.05) is 0 Å². The molecule has 26 heavy (non-hydrogen) atoms. The molecular weight excluding hydrogens is 350 g/mol. The zero-order valence-corrected chi connectivity index (χ0v) is 13.9. The monoisotopic (exact) mass is 365 g/mol. The molecule has 0 radical (unpaired) electrons. The molecule has 1 aromatic heterocycles. The van der Waals surface area contributed by atoms with Crippen LogP contribution in [0.3, 0.4) is 0 Å². The van der Waals surface area contributed by atoms with Crippen molar-refractivity contribution in [3.63, 3.8) is 0 Å². The molecule has 0 fully saturated rings. The molecule has 0 amide bonds. The number of aryl methyl sites for hydroxylation is 1. The Labute approximate surface area is 146 Å². The van der Waals surface area contributed by atoms with E-state index in [4.69, 9.17) is 9.26 Å². The average Bonchev–Trinajstić information content (AvgIpc) is 3.03. The van der Waals surface area contributed by atoms with Gasteiger partial charge in [-0.05, 0) is 19.9 Å². The lowest BCUT2D eigenvalue weighted by Gasteiger charge is -2.07. The van der Waals surface area contributed by atoms with Crippen molar-refractivity contribution < 1.29 is 34.0 Å². The van der Waals surface area contributed by atoms with Gasteiger partial charge in [-0.25, -0.2) is 0 Å². The molecular formula is C15H15N3O8. The third-order valence-electron chi connectivity index (χ3n) is 3.35. The molecule has 0 aliphatic heterocycles. The highest BCUT2D eigenvalue weighted by Gasteiger charge is 2.31. The highest BCUT2D eigenvalue weighted by molar-refractivity contribution is 6.05. The molecule has 2 N–H and O–H groups in total. The third kappa shape index (κ3) is 3.77. The van der Waals surface area contributed by atoms with Gasteiger partial charge in [0.1, 0.15) is 5.56 Å². The molecule has 2 aromatic rings. The molecule has 0 spiro atoms. The van der Waals surface area contributed by atoms with Crippen LogP contribution in [0.5, 0.6) is 11.5 Å². The lowest BCUT2D eigenvalue weighted by atomic mass is 10.00. The number of Topliss-reactive ketones (excluding diaryl/α,β-unsaturated/α-hetero) is 1. The summed E-state index contributed by atoms with van der Waals surface area (Å²) in [6.07, 6.45) is 0.0451. The summed E-state index contributed by atoms with van der Waals surface area (Å²) in [7, 11) is 0. The molecule has 0 unspecified atom stereocenters. The standard InChI is InChI=1S/C15H15N3O8/c1-3-25-11(21)5-4-10-16-15(17-26-10)8-6-9(20)14(22)13(18(23)24)12(8)7(2)19/h6,20,22H,3-5H2,1-2H3. The zero-order valence-electron chi connectivity index (χ0n) is 13.9. The Morgan fingerprint density at radius 3 is 2.65 bits per heavy atom. The minimum atomic E-state index is -1.03. The Balaban J connectivity index is 2.45. The van der Waals surface area contributed by atoms with E-state index in [9.17, 15) is 29.9 Å². The first-order valence-corrected chi connectivity index (χ1v) is 7.49. The number of esters is 1. The predicted molar refractivity (Wildman–Crippen MR) is 84.7 cm³/mol. The van der Waals surface area contributed by atoms with E-state index >= 15 is 0 Å². The number of ether oxygens (including phenoxy) is 1. The van der Waals surface area contributed by atoms with E-state index in [1.54, 1.807) is 6.92 Å². The summed E-state index contributed by atoms with van der Waals surface area (Å²) in [5, 5.41) is 34.2. The van der Waals surface area contributed by atoms with Crippen molar-refractivity contribution in [2.45, 2.75) is 26.7 Å². The number of phenolic OH excluding ortho intramolecular Hbond substituents is 2. The van der Waals surface area contributed by atoms with E-state index < -0.39 is 39.4 Å². The Hall–Kier alpha value is -3.50. The van der Waals surface area contributed by atoms with Gasteiger partial charge in [-0.3, -0.25) is 19.7 Å². The van der Waals surface area contributed by atoms with E-state index in [1.165, 1.54) is 0 Å². The third-order valence-corrected chi connectivity index (χ3v) is 3.35. The van der Waals surface area contributed by atoms with Crippen molar-refractivity contribution in [2.75, 3.05) is 6.61 Å². The molecule has 0 saturated carbocycles. The molecule has 0 bridgehead atoms. The molecule has 11 heteroatoms. The Morgan fingerprint density at radius 2 is 2.08 bits per heavy atom. The molecule has 0 aliphatic carbocycles. The quantitative estimate of drug-likeness (QED) is 0.242. The summed E-state index contributed by atoms with van der Waals surface area (Å²) in [5.41, 5.74) is -1.60. The number of phenols is 2. The summed E-state index contributed by atoms with van der Waals surface area (Å²) in [6.45, 7) is 2.95. The maximum atomic E-state index is 11.9. The summed E-state index contributed by atoms with van der Waals surface area (Å²) < 4.78 is 9.73. The van der Waals surface area contributed by atoms with Crippen molar-refractivity contribution in [1.29, 1.82) is 0 Å². The van der Waals surface area contributed by atoms with Gasteiger partial charge in [0.2, 0.25) is 17.5 Å². The maximum absolute atomic E-state index is 11.9. The highest BCUT2D eigenvalue weighted by Crippen LogP contribution is 2.43. The summed E-state index contributed by atoms with van der Waals surface area (Å²) in [5.74, 6) is -3.20. The van der Waals surface area contributed by atoms with Crippen molar-refractivity contribution >= 4 is 17.4 Å². The molecule has 0 aliphatic rings. The van der Waals surface area contributed by atoms with Crippen LogP contribution in [-0.4, -0.2) is 43.6 Å². The van der Waals surface area contributed by atoms with Crippen LogP contribution >= 0.6 is 0 Å². The van der Waals surface area contributed by atoms with Gasteiger partial charge in [-0.15, -0.1) is 0 Å².